The molecule has 0 unspecified atom stereocenters. The van der Waals surface area contributed by atoms with Gasteiger partial charge in [0.05, 0.1) is 5.52 Å². The Kier molecular flexibility index (Phi) is 2.82. The number of aromatic amines is 1. The Bertz CT molecular complexity index is 542. The third-order valence-electron chi connectivity index (χ3n) is 2.53. The van der Waals surface area contributed by atoms with Gasteiger partial charge in [0, 0.05) is 17.5 Å². The molecule has 1 heterocycles. The summed E-state index contributed by atoms with van der Waals surface area (Å²) in [5, 5.41) is 2.91. The van der Waals surface area contributed by atoms with Crippen LogP contribution in [0.15, 0.2) is 18.2 Å². The molecule has 2 aromatic rings. The zero-order valence-electron chi connectivity index (χ0n) is 8.95. The first-order valence-electron chi connectivity index (χ1n) is 4.96. The second-order valence-corrected chi connectivity index (χ2v) is 3.67. The van der Waals surface area contributed by atoms with E-state index in [0.717, 1.165) is 6.07 Å². The number of benzene rings is 1. The third kappa shape index (κ3) is 2.00. The lowest BCUT2D eigenvalue weighted by Gasteiger charge is -2.07. The van der Waals surface area contributed by atoms with Gasteiger partial charge in [-0.05, 0) is 13.1 Å². The highest BCUT2D eigenvalue weighted by atomic mass is 19.4. The van der Waals surface area contributed by atoms with Crippen molar-refractivity contribution in [1.82, 2.24) is 10.3 Å². The molecule has 92 valence electrons. The fourth-order valence-electron chi connectivity index (χ4n) is 1.84. The minimum atomic E-state index is -4.52. The van der Waals surface area contributed by atoms with Gasteiger partial charge < -0.3 is 10.3 Å². The molecule has 0 aliphatic carbocycles. The molecule has 0 amide bonds. The number of rotatable bonds is 2. The number of aromatic nitrogens is 1. The van der Waals surface area contributed by atoms with Gasteiger partial charge in [-0.3, -0.25) is 0 Å². The number of halogens is 4. The van der Waals surface area contributed by atoms with Crippen molar-refractivity contribution in [2.24, 2.45) is 0 Å². The Morgan fingerprint density at radius 2 is 2.00 bits per heavy atom. The summed E-state index contributed by atoms with van der Waals surface area (Å²) in [6.45, 7) is 0.0261. The largest absolute Gasteiger partial charge is 0.431 e. The van der Waals surface area contributed by atoms with Crippen LogP contribution in [0.2, 0.25) is 0 Å². The molecule has 0 radical (unpaired) electrons. The highest BCUT2D eigenvalue weighted by Crippen LogP contribution is 2.35. The molecular formula is C11H10F4N2. The van der Waals surface area contributed by atoms with Crippen LogP contribution < -0.4 is 5.32 Å². The first kappa shape index (κ1) is 11.9. The molecule has 0 fully saturated rings. The van der Waals surface area contributed by atoms with Gasteiger partial charge in [-0.25, -0.2) is 4.39 Å². The quantitative estimate of drug-likeness (QED) is 0.783. The van der Waals surface area contributed by atoms with Crippen LogP contribution in [0, 0.1) is 5.82 Å². The predicted molar refractivity (Wildman–Crippen MR) is 56.0 cm³/mol. The second kappa shape index (κ2) is 4.03. The fraction of sp³-hybridized carbons (Fsp3) is 0.273. The van der Waals surface area contributed by atoms with Crippen LogP contribution in [0.4, 0.5) is 17.6 Å². The van der Waals surface area contributed by atoms with E-state index in [2.05, 4.69) is 10.3 Å². The minimum absolute atomic E-state index is 0.0261. The molecule has 1 aromatic heterocycles. The van der Waals surface area contributed by atoms with Crippen LogP contribution in [0.1, 0.15) is 11.3 Å². The first-order chi connectivity index (χ1) is 7.95. The lowest BCUT2D eigenvalue weighted by Crippen LogP contribution is -2.13. The van der Waals surface area contributed by atoms with Crippen LogP contribution in [-0.4, -0.2) is 12.0 Å². The van der Waals surface area contributed by atoms with Crippen LogP contribution in [0.25, 0.3) is 10.9 Å². The zero-order chi connectivity index (χ0) is 12.6. The minimum Gasteiger partial charge on any atom is -0.348 e. The summed E-state index contributed by atoms with van der Waals surface area (Å²) in [6, 6.07) is 3.99. The van der Waals surface area contributed by atoms with Crippen LogP contribution in [0.3, 0.4) is 0 Å². The van der Waals surface area contributed by atoms with Gasteiger partial charge in [-0.15, -0.1) is 0 Å². The van der Waals surface area contributed by atoms with E-state index in [1.165, 1.54) is 19.2 Å². The number of hydrogen-bond acceptors (Lipinski definition) is 1. The number of H-pyrrole nitrogens is 1. The summed E-state index contributed by atoms with van der Waals surface area (Å²) >= 11 is 0. The van der Waals surface area contributed by atoms with E-state index in [4.69, 9.17) is 0 Å². The van der Waals surface area contributed by atoms with Gasteiger partial charge in [0.25, 0.3) is 0 Å². The molecule has 17 heavy (non-hydrogen) atoms. The van der Waals surface area contributed by atoms with Crippen molar-refractivity contribution in [3.8, 4) is 0 Å². The smallest absolute Gasteiger partial charge is 0.348 e. The average Bonchev–Trinajstić information content (AvgIpc) is 2.59. The molecule has 0 bridgehead atoms. The van der Waals surface area contributed by atoms with Gasteiger partial charge in [0.15, 0.2) is 0 Å². The second-order valence-electron chi connectivity index (χ2n) is 3.67. The van der Waals surface area contributed by atoms with Gasteiger partial charge in [-0.2, -0.15) is 13.2 Å². The van der Waals surface area contributed by atoms with Crippen molar-refractivity contribution >= 4 is 10.9 Å². The van der Waals surface area contributed by atoms with Gasteiger partial charge in [0.2, 0.25) is 0 Å². The van der Waals surface area contributed by atoms with Gasteiger partial charge in [0.1, 0.15) is 11.5 Å². The first-order valence-corrected chi connectivity index (χ1v) is 4.96. The fourth-order valence-corrected chi connectivity index (χ4v) is 1.84. The average molecular weight is 246 g/mol. The van der Waals surface area contributed by atoms with E-state index in [1.54, 1.807) is 0 Å². The SMILES string of the molecule is CNCc1c(C(F)(F)F)[nH]c2c(F)cccc12. The van der Waals surface area contributed by atoms with Crippen molar-refractivity contribution in [2.75, 3.05) is 7.05 Å². The Morgan fingerprint density at radius 3 is 2.59 bits per heavy atom. The lowest BCUT2D eigenvalue weighted by molar-refractivity contribution is -0.141. The predicted octanol–water partition coefficient (Wildman–Crippen LogP) is 3.05. The third-order valence-corrected chi connectivity index (χ3v) is 2.53. The summed E-state index contributed by atoms with van der Waals surface area (Å²) in [6.07, 6.45) is -4.52. The molecule has 2 nitrogen and oxygen atoms in total. The highest BCUT2D eigenvalue weighted by molar-refractivity contribution is 5.85. The molecule has 1 aromatic carbocycles. The molecule has 0 aliphatic heterocycles. The molecule has 6 heteroatoms. The molecule has 0 spiro atoms. The molecule has 2 N–H and O–H groups in total. The van der Waals surface area contributed by atoms with Crippen molar-refractivity contribution in [3.05, 3.63) is 35.3 Å². The van der Waals surface area contributed by atoms with Crippen LogP contribution in [0.5, 0.6) is 0 Å². The van der Waals surface area contributed by atoms with Crippen molar-refractivity contribution in [3.63, 3.8) is 0 Å². The van der Waals surface area contributed by atoms with Crippen LogP contribution in [-0.2, 0) is 12.7 Å². The summed E-state index contributed by atoms with van der Waals surface area (Å²) in [7, 11) is 1.54. The summed E-state index contributed by atoms with van der Waals surface area (Å²) in [5.74, 6) is -0.685. The number of para-hydroxylation sites is 1. The summed E-state index contributed by atoms with van der Waals surface area (Å²) in [4.78, 5) is 2.12. The normalized spacial score (nSPS) is 12.3. The Hall–Kier alpha value is -1.56. The molecular weight excluding hydrogens is 236 g/mol. The topological polar surface area (TPSA) is 27.8 Å². The standard InChI is InChI=1S/C11H10F4N2/c1-16-5-7-6-3-2-4-8(12)9(6)17-10(7)11(13,14)15/h2-4,16-17H,5H2,1H3. The van der Waals surface area contributed by atoms with E-state index >= 15 is 0 Å². The molecule has 0 saturated heterocycles. The maximum absolute atomic E-state index is 13.4. The number of nitrogens with one attached hydrogen (secondary N) is 2. The number of fused-ring (bicyclic) bond motifs is 1. The molecule has 0 atom stereocenters. The van der Waals surface area contributed by atoms with E-state index in [9.17, 15) is 17.6 Å². The number of hydrogen-bond donors (Lipinski definition) is 2. The number of alkyl halides is 3. The lowest BCUT2D eigenvalue weighted by atomic mass is 10.1. The maximum atomic E-state index is 13.4. The van der Waals surface area contributed by atoms with Gasteiger partial charge in [-0.1, -0.05) is 12.1 Å². The highest BCUT2D eigenvalue weighted by Gasteiger charge is 2.36. The van der Waals surface area contributed by atoms with E-state index in [-0.39, 0.29) is 23.0 Å². The van der Waals surface area contributed by atoms with E-state index < -0.39 is 17.7 Å². The Balaban J connectivity index is 2.75. The molecule has 2 rings (SSSR count). The zero-order valence-corrected chi connectivity index (χ0v) is 8.95. The van der Waals surface area contributed by atoms with Crippen molar-refractivity contribution < 1.29 is 17.6 Å². The van der Waals surface area contributed by atoms with Gasteiger partial charge >= 0.3 is 6.18 Å². The van der Waals surface area contributed by atoms with E-state index in [0.29, 0.717) is 0 Å². The Labute approximate surface area is 94.6 Å². The van der Waals surface area contributed by atoms with Crippen LogP contribution >= 0.6 is 0 Å². The maximum Gasteiger partial charge on any atom is 0.431 e. The molecule has 0 aliphatic rings. The monoisotopic (exact) mass is 246 g/mol. The molecule has 0 saturated carbocycles. The van der Waals surface area contributed by atoms with Crippen molar-refractivity contribution in [1.29, 1.82) is 0 Å². The summed E-state index contributed by atoms with van der Waals surface area (Å²) in [5.41, 5.74) is -0.966. The summed E-state index contributed by atoms with van der Waals surface area (Å²) < 4.78 is 51.7. The van der Waals surface area contributed by atoms with Crippen molar-refractivity contribution in [2.45, 2.75) is 12.7 Å². The van der Waals surface area contributed by atoms with E-state index in [1.807, 2.05) is 0 Å². The Morgan fingerprint density at radius 1 is 1.29 bits per heavy atom.